The van der Waals surface area contributed by atoms with Gasteiger partial charge >= 0.3 is 0 Å². The zero-order valence-electron chi connectivity index (χ0n) is 7.51. The quantitative estimate of drug-likeness (QED) is 0.602. The van der Waals surface area contributed by atoms with Crippen LogP contribution in [-0.4, -0.2) is 36.1 Å². The van der Waals surface area contributed by atoms with Crippen molar-refractivity contribution >= 4 is 0 Å². The van der Waals surface area contributed by atoms with Crippen LogP contribution in [0.5, 0.6) is 0 Å². The topological polar surface area (TPSA) is 15.3 Å². The molecule has 0 radical (unpaired) electrons. The summed E-state index contributed by atoms with van der Waals surface area (Å²) in [7, 11) is 0. The fourth-order valence-corrected chi connectivity index (χ4v) is 2.38. The normalized spacial score (nSPS) is 38.5. The van der Waals surface area contributed by atoms with Crippen LogP contribution in [0.3, 0.4) is 0 Å². The summed E-state index contributed by atoms with van der Waals surface area (Å²) in [5.41, 5.74) is 0. The first kappa shape index (κ1) is 7.56. The number of rotatable bonds is 1. The predicted molar refractivity (Wildman–Crippen MR) is 46.7 cm³/mol. The number of piperidine rings is 2. The number of hydrogen-bond donors (Lipinski definition) is 1. The minimum Gasteiger partial charge on any atom is -0.311 e. The van der Waals surface area contributed by atoms with Crippen molar-refractivity contribution in [2.45, 2.75) is 44.8 Å². The second-order valence-corrected chi connectivity index (χ2v) is 4.13. The zero-order chi connectivity index (χ0) is 7.84. The minimum absolute atomic E-state index is 0.741. The van der Waals surface area contributed by atoms with Gasteiger partial charge in [0.15, 0.2) is 0 Å². The van der Waals surface area contributed by atoms with E-state index in [4.69, 9.17) is 0 Å². The van der Waals surface area contributed by atoms with Crippen molar-refractivity contribution in [3.63, 3.8) is 0 Å². The molecule has 3 aliphatic rings. The molecule has 3 rings (SSSR count). The molecule has 2 atom stereocenters. The van der Waals surface area contributed by atoms with Crippen LogP contribution in [0.25, 0.3) is 0 Å². The van der Waals surface area contributed by atoms with Crippen molar-refractivity contribution < 1.29 is 0 Å². The smallest absolute Gasteiger partial charge is 0.0224 e. The average Bonchev–Trinajstić information content (AvgIpc) is 2.06. The van der Waals surface area contributed by atoms with Gasteiger partial charge in [0.25, 0.3) is 0 Å². The van der Waals surface area contributed by atoms with E-state index < -0.39 is 0 Å². The molecular formula is C9H18N2. The Morgan fingerprint density at radius 2 is 2.18 bits per heavy atom. The molecule has 11 heavy (non-hydrogen) atoms. The first-order valence-electron chi connectivity index (χ1n) is 4.76. The summed E-state index contributed by atoms with van der Waals surface area (Å²) in [6.45, 7) is 7.12. The summed E-state index contributed by atoms with van der Waals surface area (Å²) < 4.78 is 0. The molecule has 0 saturated carbocycles. The van der Waals surface area contributed by atoms with Gasteiger partial charge in [-0.1, -0.05) is 0 Å². The number of fused-ring (bicyclic) bond motifs is 3. The third kappa shape index (κ3) is 1.30. The van der Waals surface area contributed by atoms with E-state index >= 15 is 0 Å². The molecule has 3 aliphatic heterocycles. The summed E-state index contributed by atoms with van der Waals surface area (Å²) in [5, 5.41) is 3.56. The van der Waals surface area contributed by atoms with Crippen LogP contribution in [0.1, 0.15) is 26.7 Å². The molecule has 0 aromatic carbocycles. The van der Waals surface area contributed by atoms with Crippen molar-refractivity contribution in [2.24, 2.45) is 0 Å². The number of nitrogens with one attached hydrogen (secondary N) is 1. The van der Waals surface area contributed by atoms with Crippen molar-refractivity contribution in [3.8, 4) is 0 Å². The van der Waals surface area contributed by atoms with Gasteiger partial charge in [0.2, 0.25) is 0 Å². The number of nitrogens with zero attached hydrogens (tertiary/aromatic N) is 1. The lowest BCUT2D eigenvalue weighted by atomic mass is 9.92. The summed E-state index contributed by atoms with van der Waals surface area (Å²) >= 11 is 0. The fourth-order valence-electron chi connectivity index (χ4n) is 2.38. The van der Waals surface area contributed by atoms with Gasteiger partial charge in [-0.2, -0.15) is 0 Å². The number of hydrogen-bond acceptors (Lipinski definition) is 2. The van der Waals surface area contributed by atoms with Crippen LogP contribution in [0.15, 0.2) is 0 Å². The molecule has 3 fully saturated rings. The Hall–Kier alpha value is -0.0800. The van der Waals surface area contributed by atoms with Gasteiger partial charge in [0, 0.05) is 31.2 Å². The van der Waals surface area contributed by atoms with Crippen LogP contribution >= 0.6 is 0 Å². The van der Waals surface area contributed by atoms with Crippen LogP contribution in [-0.2, 0) is 0 Å². The van der Waals surface area contributed by atoms with Crippen molar-refractivity contribution in [2.75, 3.05) is 13.1 Å². The second-order valence-electron chi connectivity index (χ2n) is 4.13. The lowest BCUT2D eigenvalue weighted by Crippen LogP contribution is -2.62. The first-order valence-corrected chi connectivity index (χ1v) is 4.76. The van der Waals surface area contributed by atoms with Crippen molar-refractivity contribution in [1.29, 1.82) is 0 Å². The average molecular weight is 154 g/mol. The second kappa shape index (κ2) is 2.76. The minimum atomic E-state index is 0.741. The first-order chi connectivity index (χ1) is 5.27. The van der Waals surface area contributed by atoms with Crippen LogP contribution in [0.2, 0.25) is 0 Å². The summed E-state index contributed by atoms with van der Waals surface area (Å²) in [4.78, 5) is 2.64. The van der Waals surface area contributed by atoms with Gasteiger partial charge in [-0.3, -0.25) is 4.90 Å². The predicted octanol–water partition coefficient (Wildman–Crippen LogP) is 0.831. The maximum Gasteiger partial charge on any atom is 0.0224 e. The lowest BCUT2D eigenvalue weighted by Gasteiger charge is -2.47. The Morgan fingerprint density at radius 3 is 2.45 bits per heavy atom. The molecule has 0 amide bonds. The molecule has 2 bridgehead atoms. The molecule has 0 aromatic heterocycles. The van der Waals surface area contributed by atoms with Gasteiger partial charge in [0.05, 0.1) is 0 Å². The Bertz CT molecular complexity index is 136. The molecule has 3 heterocycles. The summed E-state index contributed by atoms with van der Waals surface area (Å²) in [6, 6.07) is 2.37. The highest BCUT2D eigenvalue weighted by Crippen LogP contribution is 2.23. The van der Waals surface area contributed by atoms with Crippen LogP contribution < -0.4 is 5.32 Å². The molecule has 0 unspecified atom stereocenters. The molecule has 3 saturated heterocycles. The molecule has 0 aliphatic carbocycles. The Morgan fingerprint density at radius 1 is 1.36 bits per heavy atom. The van der Waals surface area contributed by atoms with Gasteiger partial charge in [-0.05, 0) is 26.7 Å². The van der Waals surface area contributed by atoms with E-state index in [0.29, 0.717) is 0 Å². The zero-order valence-corrected chi connectivity index (χ0v) is 7.51. The molecule has 0 aromatic rings. The van der Waals surface area contributed by atoms with E-state index in [2.05, 4.69) is 24.1 Å². The summed E-state index contributed by atoms with van der Waals surface area (Å²) in [5.74, 6) is 0. The number of piperazine rings is 1. The molecule has 0 spiro atoms. The van der Waals surface area contributed by atoms with Gasteiger partial charge < -0.3 is 5.32 Å². The van der Waals surface area contributed by atoms with Crippen LogP contribution in [0, 0.1) is 0 Å². The SMILES string of the molecule is CC(C)N1C[C@H]2CC[C@@H]1CN2. The molecule has 2 heteroatoms. The van der Waals surface area contributed by atoms with Crippen molar-refractivity contribution in [1.82, 2.24) is 10.2 Å². The molecular weight excluding hydrogens is 136 g/mol. The highest BCUT2D eigenvalue weighted by Gasteiger charge is 2.34. The Labute approximate surface area is 69.0 Å². The Balaban J connectivity index is 2.03. The van der Waals surface area contributed by atoms with E-state index in [0.717, 1.165) is 18.1 Å². The third-order valence-electron chi connectivity index (χ3n) is 3.05. The van der Waals surface area contributed by atoms with E-state index in [9.17, 15) is 0 Å². The molecule has 2 nitrogen and oxygen atoms in total. The summed E-state index contributed by atoms with van der Waals surface area (Å²) in [6.07, 6.45) is 2.81. The van der Waals surface area contributed by atoms with E-state index in [1.54, 1.807) is 0 Å². The standard InChI is InChI=1S/C9H18N2/c1-7(2)11-6-8-3-4-9(11)5-10-8/h7-10H,3-6H2,1-2H3/t8-,9-/m1/s1. The molecule has 1 N–H and O–H groups in total. The monoisotopic (exact) mass is 154 g/mol. The fraction of sp³-hybridized carbons (Fsp3) is 1.00. The maximum absolute atomic E-state index is 3.56. The highest BCUT2D eigenvalue weighted by molar-refractivity contribution is 4.93. The van der Waals surface area contributed by atoms with Gasteiger partial charge in [-0.25, -0.2) is 0 Å². The van der Waals surface area contributed by atoms with Gasteiger partial charge in [-0.15, -0.1) is 0 Å². The molecule has 64 valence electrons. The van der Waals surface area contributed by atoms with E-state index in [-0.39, 0.29) is 0 Å². The third-order valence-corrected chi connectivity index (χ3v) is 3.05. The highest BCUT2D eigenvalue weighted by atomic mass is 15.3. The van der Waals surface area contributed by atoms with Crippen molar-refractivity contribution in [3.05, 3.63) is 0 Å². The Kier molecular flexibility index (Phi) is 1.90. The maximum atomic E-state index is 3.56. The van der Waals surface area contributed by atoms with Gasteiger partial charge in [0.1, 0.15) is 0 Å². The largest absolute Gasteiger partial charge is 0.311 e. The lowest BCUT2D eigenvalue weighted by molar-refractivity contribution is 0.0490. The van der Waals surface area contributed by atoms with E-state index in [1.807, 2.05) is 0 Å². The van der Waals surface area contributed by atoms with E-state index in [1.165, 1.54) is 25.9 Å². The van der Waals surface area contributed by atoms with Crippen LogP contribution in [0.4, 0.5) is 0 Å².